The van der Waals surface area contributed by atoms with Crippen LogP contribution in [0.1, 0.15) is 15.2 Å². The molecule has 0 aliphatic heterocycles. The lowest BCUT2D eigenvalue weighted by Crippen LogP contribution is -2.01. The number of carbonyl (C=O) groups is 1. The molecule has 2 rings (SSSR count). The number of aromatic carboxylic acids is 1. The number of hydrogen-bond acceptors (Lipinski definition) is 3. The van der Waals surface area contributed by atoms with E-state index in [1.807, 2.05) is 11.4 Å². The van der Waals surface area contributed by atoms with Gasteiger partial charge in [0, 0.05) is 27.0 Å². The number of hydrogen-bond donors (Lipinski definition) is 2. The Bertz CT molecular complexity index is 585. The van der Waals surface area contributed by atoms with E-state index >= 15 is 0 Å². The highest BCUT2D eigenvalue weighted by molar-refractivity contribution is 9.10. The summed E-state index contributed by atoms with van der Waals surface area (Å²) in [7, 11) is 0. The van der Waals surface area contributed by atoms with Crippen LogP contribution in [0.4, 0.5) is 5.69 Å². The van der Waals surface area contributed by atoms with Crippen molar-refractivity contribution >= 4 is 50.5 Å². The van der Waals surface area contributed by atoms with Crippen molar-refractivity contribution in [1.82, 2.24) is 0 Å². The summed E-state index contributed by atoms with van der Waals surface area (Å²) in [5.74, 6) is -1.03. The van der Waals surface area contributed by atoms with Crippen LogP contribution in [0.25, 0.3) is 0 Å². The second kappa shape index (κ2) is 5.73. The van der Waals surface area contributed by atoms with Crippen molar-refractivity contribution in [2.45, 2.75) is 6.54 Å². The molecule has 6 heteroatoms. The van der Waals surface area contributed by atoms with E-state index in [4.69, 9.17) is 16.7 Å². The Morgan fingerprint density at radius 3 is 2.83 bits per heavy atom. The van der Waals surface area contributed by atoms with E-state index in [1.165, 1.54) is 6.07 Å². The maximum atomic E-state index is 10.9. The van der Waals surface area contributed by atoms with Gasteiger partial charge >= 0.3 is 5.97 Å². The van der Waals surface area contributed by atoms with E-state index in [2.05, 4.69) is 21.2 Å². The number of anilines is 1. The van der Waals surface area contributed by atoms with Gasteiger partial charge in [-0.1, -0.05) is 11.6 Å². The first-order valence-electron chi connectivity index (χ1n) is 5.06. The van der Waals surface area contributed by atoms with Gasteiger partial charge in [0.15, 0.2) is 0 Å². The van der Waals surface area contributed by atoms with Gasteiger partial charge in [-0.25, -0.2) is 4.79 Å². The third-order valence-electron chi connectivity index (χ3n) is 2.29. The van der Waals surface area contributed by atoms with Crippen LogP contribution in [0.3, 0.4) is 0 Å². The van der Waals surface area contributed by atoms with Crippen molar-refractivity contribution in [3.63, 3.8) is 0 Å². The molecule has 0 fully saturated rings. The predicted molar refractivity (Wildman–Crippen MR) is 77.8 cm³/mol. The Morgan fingerprint density at radius 1 is 1.44 bits per heavy atom. The molecule has 1 heterocycles. The lowest BCUT2D eigenvalue weighted by Gasteiger charge is -2.06. The fourth-order valence-corrected chi connectivity index (χ4v) is 3.02. The lowest BCUT2D eigenvalue weighted by atomic mass is 10.2. The van der Waals surface area contributed by atoms with Gasteiger partial charge in [-0.15, -0.1) is 11.3 Å². The first-order chi connectivity index (χ1) is 8.56. The molecule has 0 aliphatic rings. The lowest BCUT2D eigenvalue weighted by molar-refractivity contribution is 0.0697. The zero-order chi connectivity index (χ0) is 13.1. The number of benzene rings is 1. The molecule has 0 bridgehead atoms. The van der Waals surface area contributed by atoms with E-state index in [0.717, 1.165) is 15.0 Å². The average molecular weight is 347 g/mol. The maximum Gasteiger partial charge on any atom is 0.337 e. The average Bonchev–Trinajstić information content (AvgIpc) is 2.74. The first-order valence-corrected chi connectivity index (χ1v) is 7.11. The van der Waals surface area contributed by atoms with Crippen LogP contribution >= 0.6 is 38.9 Å². The van der Waals surface area contributed by atoms with E-state index in [9.17, 15) is 4.79 Å². The standard InChI is InChI=1S/C12H9BrClNO2S/c13-7-3-9(18-6-7)5-15-8-1-2-11(14)10(4-8)12(16)17/h1-4,6,15H,5H2,(H,16,17). The zero-order valence-electron chi connectivity index (χ0n) is 9.11. The Hall–Kier alpha value is -1.04. The summed E-state index contributed by atoms with van der Waals surface area (Å²) < 4.78 is 1.05. The molecule has 2 aromatic rings. The van der Waals surface area contributed by atoms with Crippen LogP contribution in [0.5, 0.6) is 0 Å². The molecule has 0 spiro atoms. The summed E-state index contributed by atoms with van der Waals surface area (Å²) in [4.78, 5) is 12.1. The summed E-state index contributed by atoms with van der Waals surface area (Å²) in [6.45, 7) is 0.650. The Morgan fingerprint density at radius 2 is 2.22 bits per heavy atom. The van der Waals surface area contributed by atoms with Crippen molar-refractivity contribution < 1.29 is 9.90 Å². The van der Waals surface area contributed by atoms with Crippen molar-refractivity contribution in [2.75, 3.05) is 5.32 Å². The van der Waals surface area contributed by atoms with Gasteiger partial charge in [0.1, 0.15) is 0 Å². The van der Waals surface area contributed by atoms with Gasteiger partial charge in [0.25, 0.3) is 0 Å². The van der Waals surface area contributed by atoms with Crippen LogP contribution < -0.4 is 5.32 Å². The summed E-state index contributed by atoms with van der Waals surface area (Å²) in [6, 6.07) is 6.90. The maximum absolute atomic E-state index is 10.9. The SMILES string of the molecule is O=C(O)c1cc(NCc2cc(Br)cs2)ccc1Cl. The molecule has 3 nitrogen and oxygen atoms in total. The number of nitrogens with one attached hydrogen (secondary N) is 1. The second-order valence-corrected chi connectivity index (χ2v) is 5.90. The number of carboxylic acids is 1. The van der Waals surface area contributed by atoms with E-state index in [1.54, 1.807) is 23.5 Å². The van der Waals surface area contributed by atoms with Gasteiger partial charge in [-0.2, -0.15) is 0 Å². The topological polar surface area (TPSA) is 49.3 Å². The van der Waals surface area contributed by atoms with Crippen molar-refractivity contribution in [3.05, 3.63) is 49.6 Å². The quantitative estimate of drug-likeness (QED) is 0.858. The molecule has 0 radical (unpaired) electrons. The molecule has 0 saturated carbocycles. The van der Waals surface area contributed by atoms with Crippen LogP contribution in [0.2, 0.25) is 5.02 Å². The minimum atomic E-state index is -1.03. The summed E-state index contributed by atoms with van der Waals surface area (Å²) >= 11 is 10.8. The Kier molecular flexibility index (Phi) is 4.27. The minimum absolute atomic E-state index is 0.106. The van der Waals surface area contributed by atoms with Crippen LogP contribution in [0, 0.1) is 0 Å². The van der Waals surface area contributed by atoms with Crippen molar-refractivity contribution in [1.29, 1.82) is 0 Å². The van der Waals surface area contributed by atoms with Crippen LogP contribution in [-0.2, 0) is 6.54 Å². The molecule has 1 aromatic heterocycles. The highest BCUT2D eigenvalue weighted by Crippen LogP contribution is 2.23. The Balaban J connectivity index is 2.10. The van der Waals surface area contributed by atoms with E-state index in [0.29, 0.717) is 6.54 Å². The molecule has 0 atom stereocenters. The Labute approximate surface area is 122 Å². The predicted octanol–water partition coefficient (Wildman–Crippen LogP) is 4.47. The molecule has 1 aromatic carbocycles. The fraction of sp³-hybridized carbons (Fsp3) is 0.0833. The minimum Gasteiger partial charge on any atom is -0.478 e. The van der Waals surface area contributed by atoms with Gasteiger partial charge in [0.2, 0.25) is 0 Å². The molecular formula is C12H9BrClNO2S. The van der Waals surface area contributed by atoms with E-state index in [-0.39, 0.29) is 10.6 Å². The van der Waals surface area contributed by atoms with Crippen molar-refractivity contribution in [2.24, 2.45) is 0 Å². The third-order valence-corrected chi connectivity index (χ3v) is 4.31. The smallest absolute Gasteiger partial charge is 0.337 e. The van der Waals surface area contributed by atoms with Gasteiger partial charge in [0.05, 0.1) is 10.6 Å². The molecule has 0 amide bonds. The monoisotopic (exact) mass is 345 g/mol. The second-order valence-electron chi connectivity index (χ2n) is 3.58. The van der Waals surface area contributed by atoms with Crippen LogP contribution in [-0.4, -0.2) is 11.1 Å². The third kappa shape index (κ3) is 3.25. The molecule has 94 valence electrons. The van der Waals surface area contributed by atoms with Gasteiger partial charge < -0.3 is 10.4 Å². The summed E-state index contributed by atoms with van der Waals surface area (Å²) in [6.07, 6.45) is 0. The van der Waals surface area contributed by atoms with Crippen molar-refractivity contribution in [3.8, 4) is 0 Å². The summed E-state index contributed by atoms with van der Waals surface area (Å²) in [5.41, 5.74) is 0.843. The fourth-order valence-electron chi connectivity index (χ4n) is 1.43. The first kappa shape index (κ1) is 13.4. The molecule has 0 aliphatic carbocycles. The highest BCUT2D eigenvalue weighted by atomic mass is 79.9. The molecule has 18 heavy (non-hydrogen) atoms. The summed E-state index contributed by atoms with van der Waals surface area (Å²) in [5, 5.41) is 14.4. The molecular weight excluding hydrogens is 338 g/mol. The largest absolute Gasteiger partial charge is 0.478 e. The molecule has 0 saturated heterocycles. The molecule has 0 unspecified atom stereocenters. The zero-order valence-corrected chi connectivity index (χ0v) is 12.3. The van der Waals surface area contributed by atoms with Crippen LogP contribution in [0.15, 0.2) is 34.1 Å². The van der Waals surface area contributed by atoms with E-state index < -0.39 is 5.97 Å². The van der Waals surface area contributed by atoms with Gasteiger partial charge in [-0.05, 0) is 40.2 Å². The highest BCUT2D eigenvalue weighted by Gasteiger charge is 2.09. The number of carboxylic acid groups (broad SMARTS) is 1. The van der Waals surface area contributed by atoms with Gasteiger partial charge in [-0.3, -0.25) is 0 Å². The number of halogens is 2. The molecule has 2 N–H and O–H groups in total. The number of rotatable bonds is 4. The normalized spacial score (nSPS) is 10.3. The number of thiophene rings is 1.